The molecule has 0 aliphatic carbocycles. The molecule has 1 aromatic carbocycles. The lowest BCUT2D eigenvalue weighted by Crippen LogP contribution is -2.41. The summed E-state index contributed by atoms with van der Waals surface area (Å²) in [6.07, 6.45) is 0. The monoisotopic (exact) mass is 226 g/mol. The molecule has 1 aromatic rings. The van der Waals surface area contributed by atoms with Crippen molar-refractivity contribution < 1.29 is 29.6 Å². The molecule has 0 aliphatic heterocycles. The van der Waals surface area contributed by atoms with Gasteiger partial charge in [0.05, 0.1) is 5.56 Å². The molecule has 16 heavy (non-hydrogen) atoms. The highest BCUT2D eigenvalue weighted by molar-refractivity contribution is 5.87. The Morgan fingerprint density at radius 3 is 2.06 bits per heavy atom. The van der Waals surface area contributed by atoms with Gasteiger partial charge >= 0.3 is 17.7 Å². The molecule has 0 saturated heterocycles. The topological polar surface area (TPSA) is 104 Å². The molecule has 0 fully saturated rings. The van der Waals surface area contributed by atoms with Gasteiger partial charge in [0.25, 0.3) is 0 Å². The van der Waals surface area contributed by atoms with Gasteiger partial charge in [-0.15, -0.1) is 0 Å². The Morgan fingerprint density at radius 2 is 1.69 bits per heavy atom. The van der Waals surface area contributed by atoms with Crippen LogP contribution in [0.15, 0.2) is 24.3 Å². The van der Waals surface area contributed by atoms with E-state index >= 15 is 0 Å². The van der Waals surface area contributed by atoms with Gasteiger partial charge in [0, 0.05) is 6.92 Å². The van der Waals surface area contributed by atoms with Crippen LogP contribution in [0.25, 0.3) is 0 Å². The Hall–Kier alpha value is -2.08. The van der Waals surface area contributed by atoms with Crippen molar-refractivity contribution in [3.63, 3.8) is 0 Å². The first-order valence-corrected chi connectivity index (χ1v) is 4.31. The van der Waals surface area contributed by atoms with Gasteiger partial charge in [-0.25, -0.2) is 9.59 Å². The maximum absolute atomic E-state index is 10.5. The minimum absolute atomic E-state index is 0.0438. The van der Waals surface area contributed by atoms with Crippen molar-refractivity contribution in [2.45, 2.75) is 12.7 Å². The van der Waals surface area contributed by atoms with E-state index in [1.807, 2.05) is 0 Å². The second-order valence-electron chi connectivity index (χ2n) is 3.22. The Labute approximate surface area is 90.7 Å². The van der Waals surface area contributed by atoms with Crippen molar-refractivity contribution in [3.05, 3.63) is 29.8 Å². The molecule has 1 rings (SSSR count). The zero-order valence-corrected chi connectivity index (χ0v) is 8.38. The number of hydrogen-bond donors (Lipinski definition) is 3. The maximum Gasteiger partial charge on any atom is 0.376 e. The van der Waals surface area contributed by atoms with Crippen LogP contribution in [-0.2, 0) is 4.79 Å². The number of carboxylic acids is 2. The van der Waals surface area contributed by atoms with Crippen LogP contribution in [0.3, 0.4) is 0 Å². The summed E-state index contributed by atoms with van der Waals surface area (Å²) in [5.74, 6) is -4.91. The number of rotatable bonds is 4. The Balaban J connectivity index is 2.84. The van der Waals surface area contributed by atoms with Crippen LogP contribution in [0.5, 0.6) is 5.75 Å². The molecule has 0 radical (unpaired) electrons. The summed E-state index contributed by atoms with van der Waals surface area (Å²) in [7, 11) is 0. The van der Waals surface area contributed by atoms with Gasteiger partial charge in [-0.2, -0.15) is 0 Å². The fourth-order valence-electron chi connectivity index (χ4n) is 0.939. The van der Waals surface area contributed by atoms with E-state index in [9.17, 15) is 14.7 Å². The number of aliphatic hydroxyl groups is 1. The number of aliphatic carboxylic acids is 1. The normalized spacial score (nSPS) is 13.9. The Kier molecular flexibility index (Phi) is 3.14. The van der Waals surface area contributed by atoms with Crippen LogP contribution in [0.2, 0.25) is 0 Å². The van der Waals surface area contributed by atoms with Crippen molar-refractivity contribution in [2.24, 2.45) is 0 Å². The first kappa shape index (κ1) is 12.0. The summed E-state index contributed by atoms with van der Waals surface area (Å²) in [6, 6.07) is 5.02. The molecular weight excluding hydrogens is 216 g/mol. The van der Waals surface area contributed by atoms with E-state index < -0.39 is 17.7 Å². The van der Waals surface area contributed by atoms with E-state index in [1.54, 1.807) is 0 Å². The zero-order chi connectivity index (χ0) is 12.3. The molecule has 0 bridgehead atoms. The highest BCUT2D eigenvalue weighted by Gasteiger charge is 2.32. The van der Waals surface area contributed by atoms with Crippen LogP contribution >= 0.6 is 0 Å². The molecule has 0 spiro atoms. The third-order valence-corrected chi connectivity index (χ3v) is 1.81. The quantitative estimate of drug-likeness (QED) is 0.648. The average molecular weight is 226 g/mol. The van der Waals surface area contributed by atoms with Crippen molar-refractivity contribution in [2.75, 3.05) is 0 Å². The van der Waals surface area contributed by atoms with Gasteiger partial charge in [-0.1, -0.05) is 0 Å². The lowest BCUT2D eigenvalue weighted by atomic mass is 10.2. The molecule has 0 aliphatic rings. The molecular formula is C10H10O6. The maximum atomic E-state index is 10.5. The van der Waals surface area contributed by atoms with Gasteiger partial charge in [-0.05, 0) is 24.3 Å². The molecule has 1 atom stereocenters. The van der Waals surface area contributed by atoms with Crippen LogP contribution in [0.4, 0.5) is 0 Å². The fraction of sp³-hybridized carbons (Fsp3) is 0.200. The van der Waals surface area contributed by atoms with E-state index in [-0.39, 0.29) is 11.3 Å². The minimum Gasteiger partial charge on any atom is -0.478 e. The van der Waals surface area contributed by atoms with Crippen molar-refractivity contribution in [1.82, 2.24) is 0 Å². The second kappa shape index (κ2) is 4.19. The van der Waals surface area contributed by atoms with E-state index in [0.717, 1.165) is 6.92 Å². The predicted molar refractivity (Wildman–Crippen MR) is 52.3 cm³/mol. The standard InChI is InChI=1S/C10H10O6/c1-10(15,9(13)14)16-7-4-2-6(3-5-7)8(11)12/h2-5,15H,1H3,(H,11,12)(H,13,14). The highest BCUT2D eigenvalue weighted by atomic mass is 16.6. The fourth-order valence-corrected chi connectivity index (χ4v) is 0.939. The number of carboxylic acid groups (broad SMARTS) is 2. The molecule has 3 N–H and O–H groups in total. The Bertz CT molecular complexity index is 406. The lowest BCUT2D eigenvalue weighted by molar-refractivity contribution is -0.188. The third kappa shape index (κ3) is 2.71. The van der Waals surface area contributed by atoms with Gasteiger partial charge < -0.3 is 20.1 Å². The zero-order valence-electron chi connectivity index (χ0n) is 8.38. The molecule has 0 saturated carbocycles. The molecule has 86 valence electrons. The number of hydrogen-bond acceptors (Lipinski definition) is 4. The van der Waals surface area contributed by atoms with Crippen molar-refractivity contribution in [3.8, 4) is 5.75 Å². The summed E-state index contributed by atoms with van der Waals surface area (Å²) < 4.78 is 4.76. The van der Waals surface area contributed by atoms with Gasteiger partial charge in [0.1, 0.15) is 5.75 Å². The van der Waals surface area contributed by atoms with E-state index in [1.165, 1.54) is 24.3 Å². The number of ether oxygens (including phenoxy) is 1. The van der Waals surface area contributed by atoms with E-state index in [0.29, 0.717) is 0 Å². The van der Waals surface area contributed by atoms with Gasteiger partial charge in [-0.3, -0.25) is 0 Å². The minimum atomic E-state index is -2.34. The number of benzene rings is 1. The summed E-state index contributed by atoms with van der Waals surface area (Å²) in [4.78, 5) is 21.1. The summed E-state index contributed by atoms with van der Waals surface area (Å²) in [6.45, 7) is 0.973. The van der Waals surface area contributed by atoms with E-state index in [4.69, 9.17) is 14.9 Å². The lowest BCUT2D eigenvalue weighted by Gasteiger charge is -2.19. The second-order valence-corrected chi connectivity index (χ2v) is 3.22. The molecule has 1 unspecified atom stereocenters. The molecule has 0 heterocycles. The predicted octanol–water partition coefficient (Wildman–Crippen LogP) is 0.557. The highest BCUT2D eigenvalue weighted by Crippen LogP contribution is 2.17. The van der Waals surface area contributed by atoms with Crippen LogP contribution in [0.1, 0.15) is 17.3 Å². The van der Waals surface area contributed by atoms with Gasteiger partial charge in [0.15, 0.2) is 0 Å². The smallest absolute Gasteiger partial charge is 0.376 e. The van der Waals surface area contributed by atoms with E-state index in [2.05, 4.69) is 0 Å². The largest absolute Gasteiger partial charge is 0.478 e. The van der Waals surface area contributed by atoms with Crippen LogP contribution in [-0.4, -0.2) is 33.0 Å². The van der Waals surface area contributed by atoms with Crippen LogP contribution < -0.4 is 4.74 Å². The Morgan fingerprint density at radius 1 is 1.19 bits per heavy atom. The number of carbonyl (C=O) groups is 2. The SMILES string of the molecule is CC(O)(Oc1ccc(C(=O)O)cc1)C(=O)O. The average Bonchev–Trinajstić information content (AvgIpc) is 2.17. The summed E-state index contributed by atoms with van der Waals surface area (Å²) in [5, 5.41) is 26.5. The first-order valence-electron chi connectivity index (χ1n) is 4.31. The molecule has 0 aromatic heterocycles. The molecule has 6 heteroatoms. The third-order valence-electron chi connectivity index (χ3n) is 1.81. The van der Waals surface area contributed by atoms with Crippen LogP contribution in [0, 0.1) is 0 Å². The first-order chi connectivity index (χ1) is 7.33. The van der Waals surface area contributed by atoms with Gasteiger partial charge in [0.2, 0.25) is 0 Å². The molecule has 0 amide bonds. The molecule has 6 nitrogen and oxygen atoms in total. The summed E-state index contributed by atoms with van der Waals surface area (Å²) >= 11 is 0. The summed E-state index contributed by atoms with van der Waals surface area (Å²) in [5.41, 5.74) is 0.0438. The number of aromatic carboxylic acids is 1. The van der Waals surface area contributed by atoms with Crippen molar-refractivity contribution in [1.29, 1.82) is 0 Å². The van der Waals surface area contributed by atoms with Crippen molar-refractivity contribution >= 4 is 11.9 Å².